The van der Waals surface area contributed by atoms with Crippen molar-refractivity contribution in [3.63, 3.8) is 0 Å². The van der Waals surface area contributed by atoms with Crippen LogP contribution >= 0.6 is 12.4 Å². The molecule has 2 rings (SSSR count). The van der Waals surface area contributed by atoms with Gasteiger partial charge in [0.15, 0.2) is 5.82 Å². The molecule has 0 bridgehead atoms. The van der Waals surface area contributed by atoms with Crippen LogP contribution in [-0.2, 0) is 16.6 Å². The molecule has 1 N–H and O–H groups in total. The summed E-state index contributed by atoms with van der Waals surface area (Å²) in [6.45, 7) is 7.77. The number of likely N-dealkylation sites (N-methyl/N-ethyl adjacent to an activating group) is 1. The van der Waals surface area contributed by atoms with Crippen LogP contribution in [0.5, 0.6) is 0 Å². The van der Waals surface area contributed by atoms with Crippen molar-refractivity contribution < 1.29 is 9.32 Å². The van der Waals surface area contributed by atoms with Crippen molar-refractivity contribution in [2.75, 3.05) is 20.1 Å². The number of rotatable bonds is 4. The summed E-state index contributed by atoms with van der Waals surface area (Å²) in [5.74, 6) is 1.42. The van der Waals surface area contributed by atoms with Gasteiger partial charge in [0, 0.05) is 37.4 Å². The Labute approximate surface area is 138 Å². The molecule has 126 valence electrons. The fraction of sp³-hybridized carbons (Fsp3) is 0.800. The highest BCUT2D eigenvalue weighted by atomic mass is 35.5. The molecule has 1 aliphatic rings. The van der Waals surface area contributed by atoms with Gasteiger partial charge in [-0.05, 0) is 19.9 Å². The summed E-state index contributed by atoms with van der Waals surface area (Å²) in [6.07, 6.45) is 3.15. The number of amides is 1. The highest BCUT2D eigenvalue weighted by Crippen LogP contribution is 2.19. The van der Waals surface area contributed by atoms with Crippen molar-refractivity contribution in [1.82, 2.24) is 20.4 Å². The normalized spacial score (nSPS) is 18.9. The first-order valence-corrected chi connectivity index (χ1v) is 7.68. The molecule has 22 heavy (non-hydrogen) atoms. The van der Waals surface area contributed by atoms with Gasteiger partial charge in [0.2, 0.25) is 11.8 Å². The first-order chi connectivity index (χ1) is 9.90. The van der Waals surface area contributed by atoms with Crippen molar-refractivity contribution in [3.05, 3.63) is 11.7 Å². The number of hydrogen-bond donors (Lipinski definition) is 1. The molecule has 1 atom stereocenters. The molecule has 1 aliphatic heterocycles. The van der Waals surface area contributed by atoms with Gasteiger partial charge in [0.1, 0.15) is 0 Å². The van der Waals surface area contributed by atoms with Gasteiger partial charge in [-0.15, -0.1) is 12.4 Å². The number of hydrogen-bond acceptors (Lipinski definition) is 5. The number of likely N-dealkylation sites (tertiary alicyclic amines) is 1. The Hall–Kier alpha value is -1.14. The molecule has 1 fully saturated rings. The fourth-order valence-electron chi connectivity index (χ4n) is 2.47. The largest absolute Gasteiger partial charge is 0.341 e. The molecular formula is C15H27ClN4O2. The van der Waals surface area contributed by atoms with Crippen LogP contribution in [0.1, 0.15) is 51.7 Å². The Morgan fingerprint density at radius 2 is 2.18 bits per heavy atom. The van der Waals surface area contributed by atoms with E-state index in [1.54, 1.807) is 0 Å². The number of piperidine rings is 1. The van der Waals surface area contributed by atoms with Crippen LogP contribution in [0.3, 0.4) is 0 Å². The van der Waals surface area contributed by atoms with E-state index in [1.165, 1.54) is 0 Å². The third kappa shape index (κ3) is 4.95. The smallest absolute Gasteiger partial charge is 0.227 e. The lowest BCUT2D eigenvalue weighted by Crippen LogP contribution is -2.47. The molecule has 1 aromatic heterocycles. The monoisotopic (exact) mass is 330 g/mol. The van der Waals surface area contributed by atoms with E-state index in [1.807, 2.05) is 32.7 Å². The number of nitrogens with zero attached hydrogens (tertiary/aromatic N) is 3. The van der Waals surface area contributed by atoms with Crippen molar-refractivity contribution in [3.8, 4) is 0 Å². The SMILES string of the molecule is CNC1CCCN(C(=O)CCc2nc(C(C)(C)C)no2)C1.Cl. The number of aromatic nitrogens is 2. The van der Waals surface area contributed by atoms with Gasteiger partial charge in [0.25, 0.3) is 0 Å². The Balaban J connectivity index is 0.00000242. The zero-order valence-electron chi connectivity index (χ0n) is 13.9. The molecule has 0 spiro atoms. The Morgan fingerprint density at radius 1 is 1.45 bits per heavy atom. The van der Waals surface area contributed by atoms with Gasteiger partial charge in [-0.2, -0.15) is 4.98 Å². The molecule has 0 aromatic carbocycles. The van der Waals surface area contributed by atoms with Crippen molar-refractivity contribution >= 4 is 18.3 Å². The number of carbonyl (C=O) groups excluding carboxylic acids is 1. The van der Waals surface area contributed by atoms with Crippen LogP contribution < -0.4 is 5.32 Å². The minimum Gasteiger partial charge on any atom is -0.341 e. The number of nitrogens with one attached hydrogen (secondary N) is 1. The first-order valence-electron chi connectivity index (χ1n) is 7.68. The lowest BCUT2D eigenvalue weighted by Gasteiger charge is -2.32. The molecule has 7 heteroatoms. The maximum atomic E-state index is 12.2. The van der Waals surface area contributed by atoms with Crippen LogP contribution in [-0.4, -0.2) is 47.1 Å². The zero-order chi connectivity index (χ0) is 15.5. The number of carbonyl (C=O) groups is 1. The summed E-state index contributed by atoms with van der Waals surface area (Å²) in [5.41, 5.74) is -0.126. The Morgan fingerprint density at radius 3 is 2.77 bits per heavy atom. The maximum Gasteiger partial charge on any atom is 0.227 e. The van der Waals surface area contributed by atoms with E-state index in [9.17, 15) is 4.79 Å². The third-order valence-electron chi connectivity index (χ3n) is 3.87. The zero-order valence-corrected chi connectivity index (χ0v) is 14.7. The molecular weight excluding hydrogens is 304 g/mol. The predicted octanol–water partition coefficient (Wildman–Crippen LogP) is 1.93. The number of halogens is 1. The lowest BCUT2D eigenvalue weighted by molar-refractivity contribution is -0.132. The maximum absolute atomic E-state index is 12.2. The molecule has 0 radical (unpaired) electrons. The summed E-state index contributed by atoms with van der Waals surface area (Å²) < 4.78 is 5.23. The van der Waals surface area contributed by atoms with Crippen LogP contribution in [0.2, 0.25) is 0 Å². The minimum absolute atomic E-state index is 0. The molecule has 1 aromatic rings. The van der Waals surface area contributed by atoms with E-state index in [0.29, 0.717) is 30.6 Å². The second kappa shape index (κ2) is 7.92. The van der Waals surface area contributed by atoms with Gasteiger partial charge < -0.3 is 14.7 Å². The van der Waals surface area contributed by atoms with Crippen LogP contribution in [0, 0.1) is 0 Å². The Bertz CT molecular complexity index is 484. The van der Waals surface area contributed by atoms with E-state index in [4.69, 9.17) is 4.52 Å². The van der Waals surface area contributed by atoms with E-state index < -0.39 is 0 Å². The third-order valence-corrected chi connectivity index (χ3v) is 3.87. The average molecular weight is 331 g/mol. The minimum atomic E-state index is -0.126. The van der Waals surface area contributed by atoms with Crippen LogP contribution in [0.4, 0.5) is 0 Å². The van der Waals surface area contributed by atoms with Gasteiger partial charge in [-0.25, -0.2) is 0 Å². The highest BCUT2D eigenvalue weighted by molar-refractivity contribution is 5.85. The van der Waals surface area contributed by atoms with Gasteiger partial charge in [-0.1, -0.05) is 25.9 Å². The van der Waals surface area contributed by atoms with Gasteiger partial charge in [0.05, 0.1) is 0 Å². The summed E-state index contributed by atoms with van der Waals surface area (Å²) in [7, 11) is 1.95. The first kappa shape index (κ1) is 18.9. The van der Waals surface area contributed by atoms with E-state index in [0.717, 1.165) is 25.9 Å². The van der Waals surface area contributed by atoms with E-state index in [2.05, 4.69) is 15.5 Å². The molecule has 1 unspecified atom stereocenters. The van der Waals surface area contributed by atoms with Crippen molar-refractivity contribution in [2.24, 2.45) is 0 Å². The van der Waals surface area contributed by atoms with Crippen molar-refractivity contribution in [1.29, 1.82) is 0 Å². The Kier molecular flexibility index (Phi) is 6.81. The van der Waals surface area contributed by atoms with Crippen LogP contribution in [0.25, 0.3) is 0 Å². The van der Waals surface area contributed by atoms with Gasteiger partial charge >= 0.3 is 0 Å². The van der Waals surface area contributed by atoms with Crippen molar-refractivity contribution in [2.45, 2.75) is 57.9 Å². The number of aryl methyl sites for hydroxylation is 1. The summed E-state index contributed by atoms with van der Waals surface area (Å²) >= 11 is 0. The topological polar surface area (TPSA) is 71.3 Å². The fourth-order valence-corrected chi connectivity index (χ4v) is 2.47. The molecule has 1 amide bonds. The van der Waals surface area contributed by atoms with E-state index in [-0.39, 0.29) is 23.7 Å². The molecule has 0 saturated carbocycles. The lowest BCUT2D eigenvalue weighted by atomic mass is 9.96. The summed E-state index contributed by atoms with van der Waals surface area (Å²) in [4.78, 5) is 18.5. The summed E-state index contributed by atoms with van der Waals surface area (Å²) in [5, 5.41) is 7.23. The second-order valence-corrected chi connectivity index (χ2v) is 6.73. The molecule has 1 saturated heterocycles. The highest BCUT2D eigenvalue weighted by Gasteiger charge is 2.24. The predicted molar refractivity (Wildman–Crippen MR) is 87.2 cm³/mol. The molecule has 6 nitrogen and oxygen atoms in total. The second-order valence-electron chi connectivity index (χ2n) is 6.73. The molecule has 2 heterocycles. The van der Waals surface area contributed by atoms with E-state index >= 15 is 0 Å². The standard InChI is InChI=1S/C15H26N4O2.ClH/c1-15(2,3)14-17-12(21-18-14)7-8-13(20)19-9-5-6-11(10-19)16-4;/h11,16H,5-10H2,1-4H3;1H. The summed E-state index contributed by atoms with van der Waals surface area (Å²) in [6, 6.07) is 0.415. The average Bonchev–Trinajstić information content (AvgIpc) is 2.94. The van der Waals surface area contributed by atoms with Crippen LogP contribution in [0.15, 0.2) is 4.52 Å². The molecule has 0 aliphatic carbocycles. The van der Waals surface area contributed by atoms with Gasteiger partial charge in [-0.3, -0.25) is 4.79 Å². The quantitative estimate of drug-likeness (QED) is 0.913.